The lowest BCUT2D eigenvalue weighted by molar-refractivity contribution is -0.531. The number of hydrogen-bond donors (Lipinski definition) is 0. The number of nitrogens with zero attached hydrogens (tertiary/aromatic N) is 7. The third kappa shape index (κ3) is 2.15. The molecule has 0 radical (unpaired) electrons. The number of carbonyl (C=O) groups excluding carboxylic acids is 2. The van der Waals surface area contributed by atoms with Crippen molar-refractivity contribution in [1.29, 1.82) is 0 Å². The molecule has 2 aliphatic heterocycles. The van der Waals surface area contributed by atoms with Gasteiger partial charge < -0.3 is 0 Å². The predicted octanol–water partition coefficient (Wildman–Crippen LogP) is 0.0321. The van der Waals surface area contributed by atoms with E-state index in [1.165, 1.54) is 11.9 Å². The highest BCUT2D eigenvalue weighted by Crippen LogP contribution is 2.16. The van der Waals surface area contributed by atoms with Gasteiger partial charge in [0.1, 0.15) is 0 Å². The van der Waals surface area contributed by atoms with Crippen molar-refractivity contribution >= 4 is 24.1 Å². The third-order valence-corrected chi connectivity index (χ3v) is 3.13. The van der Waals surface area contributed by atoms with E-state index in [4.69, 9.17) is 5.53 Å². The van der Waals surface area contributed by atoms with Gasteiger partial charge in [-0.1, -0.05) is 5.11 Å². The van der Waals surface area contributed by atoms with E-state index in [1.54, 1.807) is 18.0 Å². The quantitative estimate of drug-likeness (QED) is 0.235. The summed E-state index contributed by atoms with van der Waals surface area (Å²) in [4.78, 5) is 33.1. The molecule has 0 aliphatic carbocycles. The lowest BCUT2D eigenvalue weighted by atomic mass is 10.1. The molecule has 0 aromatic carbocycles. The normalized spacial score (nSPS) is 21.9. The zero-order valence-corrected chi connectivity index (χ0v) is 10.7. The van der Waals surface area contributed by atoms with Gasteiger partial charge in [-0.05, 0) is 16.9 Å². The highest BCUT2D eigenvalue weighted by Gasteiger charge is 2.50. The number of likely N-dealkylation sites (N-methyl/N-ethyl adjacent to an activating group) is 2. The van der Waals surface area contributed by atoms with E-state index in [0.29, 0.717) is 25.3 Å². The van der Waals surface area contributed by atoms with Crippen LogP contribution in [0.2, 0.25) is 0 Å². The molecule has 0 bridgehead atoms. The molecule has 100 valence electrons. The molecule has 2 heterocycles. The molecule has 2 rings (SSSR count). The number of rotatable bonds is 4. The summed E-state index contributed by atoms with van der Waals surface area (Å²) in [6.07, 6.45) is 2.17. The fourth-order valence-electron chi connectivity index (χ4n) is 2.10. The molecular weight excluding hydrogens is 250 g/mol. The average Bonchev–Trinajstić information content (AvgIpc) is 2.83. The van der Waals surface area contributed by atoms with E-state index in [-0.39, 0.29) is 11.9 Å². The largest absolute Gasteiger partial charge is 0.333 e. The Hall–Kier alpha value is -2.41. The number of amidine groups is 1. The predicted molar refractivity (Wildman–Crippen MR) is 67.0 cm³/mol. The van der Waals surface area contributed by atoms with Crippen LogP contribution < -0.4 is 0 Å². The summed E-state index contributed by atoms with van der Waals surface area (Å²) in [5.41, 5.74) is 8.20. The Bertz CT molecular complexity index is 532. The molecule has 0 N–H and O–H groups in total. The molecule has 3 amide bonds. The van der Waals surface area contributed by atoms with Gasteiger partial charge in [0.2, 0.25) is 0 Å². The van der Waals surface area contributed by atoms with Crippen LogP contribution in [0.1, 0.15) is 6.42 Å². The molecule has 0 saturated carbocycles. The van der Waals surface area contributed by atoms with Gasteiger partial charge in [-0.2, -0.15) is 0 Å². The smallest absolute Gasteiger partial charge is 0.269 e. The van der Waals surface area contributed by atoms with Crippen LogP contribution in [0.25, 0.3) is 10.4 Å². The Morgan fingerprint density at radius 2 is 2.21 bits per heavy atom. The number of hydrogen-bond acceptors (Lipinski definition) is 4. The monoisotopic (exact) mass is 264 g/mol. The number of fused-ring (bicyclic) bond motifs is 1. The fourth-order valence-corrected chi connectivity index (χ4v) is 2.10. The minimum Gasteiger partial charge on any atom is -0.269 e. The van der Waals surface area contributed by atoms with Gasteiger partial charge in [0, 0.05) is 25.6 Å². The summed E-state index contributed by atoms with van der Waals surface area (Å²) in [6, 6.07) is -0.942. The SMILES string of the molecule is CN1C(=O)C2C(=NC=[N+]2CCCN=[N+]=[N-])N(C)C1=O. The van der Waals surface area contributed by atoms with Crippen molar-refractivity contribution in [3.05, 3.63) is 10.4 Å². The van der Waals surface area contributed by atoms with Crippen molar-refractivity contribution < 1.29 is 14.2 Å². The molecule has 1 saturated heterocycles. The molecule has 9 nitrogen and oxygen atoms in total. The molecule has 0 spiro atoms. The van der Waals surface area contributed by atoms with Gasteiger partial charge in [-0.25, -0.2) is 9.37 Å². The van der Waals surface area contributed by atoms with Crippen LogP contribution in [0.5, 0.6) is 0 Å². The summed E-state index contributed by atoms with van der Waals surface area (Å²) in [6.45, 7) is 0.903. The first kappa shape index (κ1) is 13.0. The first-order chi connectivity index (χ1) is 9.07. The topological polar surface area (TPSA) is 105 Å². The van der Waals surface area contributed by atoms with Crippen molar-refractivity contribution in [3.63, 3.8) is 0 Å². The second-order valence-electron chi connectivity index (χ2n) is 4.29. The summed E-state index contributed by atoms with van der Waals surface area (Å²) in [7, 11) is 3.04. The van der Waals surface area contributed by atoms with Crippen LogP contribution in [0.4, 0.5) is 4.79 Å². The van der Waals surface area contributed by atoms with Crippen LogP contribution in [0.3, 0.4) is 0 Å². The second-order valence-corrected chi connectivity index (χ2v) is 4.29. The Balaban J connectivity index is 2.10. The molecule has 9 heteroatoms. The number of amides is 3. The maximum absolute atomic E-state index is 12.1. The van der Waals surface area contributed by atoms with Gasteiger partial charge >= 0.3 is 6.03 Å². The van der Waals surface area contributed by atoms with Gasteiger partial charge in [0.05, 0.1) is 6.54 Å². The first-order valence-electron chi connectivity index (χ1n) is 5.81. The zero-order chi connectivity index (χ0) is 14.0. The van der Waals surface area contributed by atoms with Crippen molar-refractivity contribution in [2.24, 2.45) is 10.1 Å². The second kappa shape index (κ2) is 5.07. The van der Waals surface area contributed by atoms with Gasteiger partial charge in [-0.3, -0.25) is 14.6 Å². The van der Waals surface area contributed by atoms with E-state index in [1.807, 2.05) is 0 Å². The Morgan fingerprint density at radius 1 is 1.47 bits per heavy atom. The highest BCUT2D eigenvalue weighted by atomic mass is 16.2. The van der Waals surface area contributed by atoms with E-state index in [0.717, 1.165) is 4.90 Å². The molecule has 19 heavy (non-hydrogen) atoms. The minimum atomic E-state index is -0.557. The number of azide groups is 1. The van der Waals surface area contributed by atoms with Crippen molar-refractivity contribution in [2.45, 2.75) is 12.5 Å². The van der Waals surface area contributed by atoms with E-state index in [9.17, 15) is 9.59 Å². The maximum atomic E-state index is 12.1. The zero-order valence-electron chi connectivity index (χ0n) is 10.7. The molecular formula is C10H14N7O2+. The maximum Gasteiger partial charge on any atom is 0.333 e. The lowest BCUT2D eigenvalue weighted by Crippen LogP contribution is -2.61. The van der Waals surface area contributed by atoms with E-state index < -0.39 is 6.04 Å². The van der Waals surface area contributed by atoms with Gasteiger partial charge in [-0.15, -0.1) is 0 Å². The Labute approximate surface area is 109 Å². The number of carbonyl (C=O) groups is 2. The standard InChI is InChI=1S/C10H14N7O2/c1-15-8-7(9(18)16(2)10(15)19)17(6-12-8)5-3-4-13-14-11/h6-7H,3-5H2,1-2H3/q+1. The van der Waals surface area contributed by atoms with Crippen molar-refractivity contribution in [1.82, 2.24) is 9.80 Å². The molecule has 0 aromatic heterocycles. The lowest BCUT2D eigenvalue weighted by Gasteiger charge is -2.30. The number of urea groups is 1. The Morgan fingerprint density at radius 3 is 2.89 bits per heavy atom. The van der Waals surface area contributed by atoms with Crippen molar-refractivity contribution in [3.8, 4) is 0 Å². The highest BCUT2D eigenvalue weighted by molar-refractivity contribution is 6.21. The van der Waals surface area contributed by atoms with Crippen LogP contribution in [0, 0.1) is 0 Å². The Kier molecular flexibility index (Phi) is 3.48. The van der Waals surface area contributed by atoms with Crippen LogP contribution >= 0.6 is 0 Å². The number of aliphatic imine (C=N–C) groups is 1. The summed E-state index contributed by atoms with van der Waals surface area (Å²) in [5, 5.41) is 3.44. The number of imide groups is 1. The van der Waals surface area contributed by atoms with E-state index in [2.05, 4.69) is 15.0 Å². The average molecular weight is 264 g/mol. The molecule has 2 aliphatic rings. The summed E-state index contributed by atoms with van der Waals surface area (Å²) >= 11 is 0. The minimum absolute atomic E-state index is 0.292. The molecule has 0 aromatic rings. The van der Waals surface area contributed by atoms with Crippen LogP contribution in [0.15, 0.2) is 10.1 Å². The van der Waals surface area contributed by atoms with Crippen molar-refractivity contribution in [2.75, 3.05) is 27.2 Å². The molecule has 1 fully saturated rings. The molecule has 1 unspecified atom stereocenters. The van der Waals surface area contributed by atoms with Gasteiger partial charge in [0.15, 0.2) is 0 Å². The first-order valence-corrected chi connectivity index (χ1v) is 5.81. The summed E-state index contributed by atoms with van der Waals surface area (Å²) in [5.74, 6) is 0.149. The van der Waals surface area contributed by atoms with E-state index >= 15 is 0 Å². The third-order valence-electron chi connectivity index (χ3n) is 3.13. The molecule has 1 atom stereocenters. The van der Waals surface area contributed by atoms with Crippen LogP contribution in [-0.2, 0) is 4.79 Å². The summed E-state index contributed by atoms with van der Waals surface area (Å²) < 4.78 is 1.75. The van der Waals surface area contributed by atoms with Gasteiger partial charge in [0.25, 0.3) is 24.1 Å². The fraction of sp³-hybridized carbons (Fsp3) is 0.600. The van der Waals surface area contributed by atoms with Crippen LogP contribution in [-0.4, -0.2) is 71.7 Å².